The van der Waals surface area contributed by atoms with Crippen LogP contribution < -0.4 is 5.84 Å². The summed E-state index contributed by atoms with van der Waals surface area (Å²) < 4.78 is 0. The largest absolute Gasteiger partial charge is 0.323 e. The van der Waals surface area contributed by atoms with Crippen molar-refractivity contribution < 1.29 is 0 Å². The van der Waals surface area contributed by atoms with Crippen LogP contribution >= 0.6 is 0 Å². The Hall–Kier alpha value is -2.61. The second-order valence-corrected chi connectivity index (χ2v) is 3.30. The van der Waals surface area contributed by atoms with Crippen LogP contribution in [0.25, 0.3) is 11.3 Å². The molecule has 0 aliphatic rings. The van der Waals surface area contributed by atoms with Crippen molar-refractivity contribution in [3.8, 4) is 17.2 Å². The summed E-state index contributed by atoms with van der Waals surface area (Å²) >= 11 is 0. The van der Waals surface area contributed by atoms with E-state index in [1.165, 1.54) is 7.85 Å². The molecule has 0 amide bonds. The van der Waals surface area contributed by atoms with Crippen LogP contribution in [0.5, 0.6) is 0 Å². The zero-order valence-corrected chi connectivity index (χ0v) is 10.1. The third-order valence-corrected chi connectivity index (χ3v) is 2.12. The summed E-state index contributed by atoms with van der Waals surface area (Å²) in [4.78, 5) is 4.29. The maximum atomic E-state index is 7.32. The van der Waals surface area contributed by atoms with Gasteiger partial charge >= 0.3 is 0 Å². The number of pyridine rings is 1. The molecule has 2 N–H and O–H groups in total. The van der Waals surface area contributed by atoms with Crippen molar-refractivity contribution in [3.63, 3.8) is 0 Å². The maximum Gasteiger partial charge on any atom is 0.232 e. The van der Waals surface area contributed by atoms with Gasteiger partial charge in [0.2, 0.25) is 7.85 Å². The van der Waals surface area contributed by atoms with Gasteiger partial charge in [0.1, 0.15) is 0 Å². The van der Waals surface area contributed by atoms with Gasteiger partial charge in [-0.05, 0) is 18.1 Å². The molecule has 88 valence electrons. The lowest BCUT2D eigenvalue weighted by Gasteiger charge is -2.03. The van der Waals surface area contributed by atoms with E-state index >= 15 is 0 Å². The number of nitrogens with zero attached hydrogens (tertiary/aromatic N) is 3. The quantitative estimate of drug-likeness (QED) is 0.367. The van der Waals surface area contributed by atoms with E-state index in [-0.39, 0.29) is 0 Å². The van der Waals surface area contributed by atoms with Crippen molar-refractivity contribution in [1.29, 1.82) is 5.26 Å². The molecule has 0 spiro atoms. The van der Waals surface area contributed by atoms with E-state index in [1.54, 1.807) is 18.4 Å². The van der Waals surface area contributed by atoms with Crippen LogP contribution in [0, 0.1) is 11.2 Å². The van der Waals surface area contributed by atoms with Gasteiger partial charge in [-0.3, -0.25) is 4.98 Å². The van der Waals surface area contributed by atoms with Crippen molar-refractivity contribution in [2.45, 2.75) is 0 Å². The average molecular weight is 236 g/mol. The molecule has 1 heterocycles. The Bertz CT molecular complexity index is 546. The van der Waals surface area contributed by atoms with Crippen LogP contribution in [0.1, 0.15) is 5.56 Å². The van der Waals surface area contributed by atoms with Crippen LogP contribution in [0.4, 0.5) is 0 Å². The molecule has 0 atom stereocenters. The average Bonchev–Trinajstić information content (AvgIpc) is 2.42. The van der Waals surface area contributed by atoms with E-state index in [0.717, 1.165) is 16.8 Å². The van der Waals surface area contributed by atoms with Crippen molar-refractivity contribution in [2.75, 3.05) is 0 Å². The van der Waals surface area contributed by atoms with Crippen LogP contribution in [0.15, 0.2) is 53.8 Å². The van der Waals surface area contributed by atoms with Crippen molar-refractivity contribution in [2.24, 2.45) is 10.9 Å². The second-order valence-electron chi connectivity index (χ2n) is 3.30. The molecule has 1 aromatic heterocycles. The fourth-order valence-corrected chi connectivity index (χ4v) is 1.45. The van der Waals surface area contributed by atoms with E-state index in [2.05, 4.69) is 10.1 Å². The summed E-state index contributed by atoms with van der Waals surface area (Å²) in [5.74, 6) is 6.91. The minimum atomic E-state index is 0.924. The molecule has 0 aliphatic carbocycles. The van der Waals surface area contributed by atoms with Gasteiger partial charge in [0.05, 0.1) is 11.9 Å². The van der Waals surface area contributed by atoms with Crippen LogP contribution in [-0.2, 0) is 0 Å². The maximum absolute atomic E-state index is 7.32. The molecule has 0 bridgehead atoms. The highest BCUT2D eigenvalue weighted by Crippen LogP contribution is 2.19. The first kappa shape index (κ1) is 13.5. The standard InChI is InChI=1S/C12H11N3.CH2BN/c13-15-9-10-5-1-2-6-11(10)12-7-3-4-8-14-12;2-1-3/h1-9H,13H2;2H2. The lowest BCUT2D eigenvalue weighted by atomic mass is 10.1. The zero-order chi connectivity index (χ0) is 13.2. The van der Waals surface area contributed by atoms with E-state index in [9.17, 15) is 0 Å². The third-order valence-electron chi connectivity index (χ3n) is 2.12. The molecular formula is C13H13BN4. The predicted molar refractivity (Wildman–Crippen MR) is 75.6 cm³/mol. The lowest BCUT2D eigenvalue weighted by Crippen LogP contribution is -1.91. The minimum Gasteiger partial charge on any atom is -0.323 e. The lowest BCUT2D eigenvalue weighted by molar-refractivity contribution is 1.26. The number of benzene rings is 1. The van der Waals surface area contributed by atoms with Gasteiger partial charge in [0, 0.05) is 17.3 Å². The molecule has 0 fully saturated rings. The molecule has 1 aromatic carbocycles. The van der Waals surface area contributed by atoms with Crippen molar-refractivity contribution in [3.05, 3.63) is 54.2 Å². The Kier molecular flexibility index (Phi) is 5.71. The number of rotatable bonds is 2. The number of nitriles is 1. The third kappa shape index (κ3) is 3.76. The highest BCUT2D eigenvalue weighted by atomic mass is 15.1. The smallest absolute Gasteiger partial charge is 0.232 e. The van der Waals surface area contributed by atoms with Crippen molar-refractivity contribution in [1.82, 2.24) is 4.98 Å². The Morgan fingerprint density at radius 3 is 2.50 bits per heavy atom. The summed E-state index contributed by atoms with van der Waals surface area (Å²) in [7, 11) is 1.43. The topological polar surface area (TPSA) is 75.1 Å². The summed E-state index contributed by atoms with van der Waals surface area (Å²) in [6.07, 6.45) is 3.40. The van der Waals surface area contributed by atoms with E-state index < -0.39 is 0 Å². The minimum absolute atomic E-state index is 0.924. The van der Waals surface area contributed by atoms with Crippen LogP contribution in [-0.4, -0.2) is 19.0 Å². The molecule has 5 heteroatoms. The van der Waals surface area contributed by atoms with Gasteiger partial charge in [-0.25, -0.2) is 5.26 Å². The van der Waals surface area contributed by atoms with Crippen LogP contribution in [0.2, 0.25) is 0 Å². The Labute approximate surface area is 107 Å². The molecule has 2 rings (SSSR count). The molecule has 0 unspecified atom stereocenters. The van der Waals surface area contributed by atoms with Gasteiger partial charge in [0.15, 0.2) is 0 Å². The molecular weight excluding hydrogens is 223 g/mol. The first-order valence-electron chi connectivity index (χ1n) is 5.38. The van der Waals surface area contributed by atoms with Gasteiger partial charge in [-0.2, -0.15) is 5.10 Å². The second kappa shape index (κ2) is 7.63. The molecule has 0 saturated carbocycles. The number of hydrazone groups is 1. The van der Waals surface area contributed by atoms with Crippen LogP contribution in [0.3, 0.4) is 0 Å². The monoisotopic (exact) mass is 236 g/mol. The number of nitrogens with two attached hydrogens (primary N) is 1. The summed E-state index contributed by atoms with van der Waals surface area (Å²) in [5, 5.41) is 10.9. The highest BCUT2D eigenvalue weighted by Gasteiger charge is 2.02. The molecule has 2 aromatic rings. The molecule has 4 nitrogen and oxygen atoms in total. The van der Waals surface area contributed by atoms with Gasteiger partial charge in [-0.15, -0.1) is 0 Å². The number of hydrogen-bond acceptors (Lipinski definition) is 4. The predicted octanol–water partition coefficient (Wildman–Crippen LogP) is 1.14. The van der Waals surface area contributed by atoms with E-state index in [4.69, 9.17) is 11.1 Å². The Balaban J connectivity index is 0.000000492. The normalized spacial score (nSPS) is 9.28. The first-order valence-corrected chi connectivity index (χ1v) is 5.38. The first-order chi connectivity index (χ1) is 8.83. The summed E-state index contributed by atoms with van der Waals surface area (Å²) in [6.45, 7) is 0. The Morgan fingerprint density at radius 1 is 1.22 bits per heavy atom. The number of aromatic nitrogens is 1. The Morgan fingerprint density at radius 2 is 1.89 bits per heavy atom. The van der Waals surface area contributed by atoms with E-state index in [1.807, 2.05) is 42.5 Å². The molecule has 18 heavy (non-hydrogen) atoms. The summed E-state index contributed by atoms with van der Waals surface area (Å²) in [5.41, 5.74) is 2.93. The SMILES string of the molecule is BC#N.NN=Cc1ccccc1-c1ccccn1. The van der Waals surface area contributed by atoms with E-state index in [0.29, 0.717) is 0 Å². The highest BCUT2D eigenvalue weighted by molar-refractivity contribution is 6.20. The van der Waals surface area contributed by atoms with Gasteiger partial charge in [0.25, 0.3) is 0 Å². The fraction of sp³-hybridized carbons (Fsp3) is 0. The summed E-state index contributed by atoms with van der Waals surface area (Å²) in [6, 6.07) is 13.7. The van der Waals surface area contributed by atoms with Gasteiger partial charge in [-0.1, -0.05) is 30.3 Å². The van der Waals surface area contributed by atoms with Gasteiger partial charge < -0.3 is 5.84 Å². The fourth-order valence-electron chi connectivity index (χ4n) is 1.45. The molecule has 0 radical (unpaired) electrons. The molecule has 0 saturated heterocycles. The number of hydrogen-bond donors (Lipinski definition) is 1. The molecule has 0 aliphatic heterocycles. The zero-order valence-electron chi connectivity index (χ0n) is 10.1. The van der Waals surface area contributed by atoms with Crippen molar-refractivity contribution >= 4 is 14.1 Å².